The minimum Gasteiger partial charge on any atom is -0.492 e. The summed E-state index contributed by atoms with van der Waals surface area (Å²) in [5.41, 5.74) is 1.36. The van der Waals surface area contributed by atoms with Crippen molar-refractivity contribution in [2.45, 2.75) is 194 Å². The van der Waals surface area contributed by atoms with Crippen molar-refractivity contribution in [1.82, 2.24) is 10.8 Å². The summed E-state index contributed by atoms with van der Waals surface area (Å²) in [6.07, 6.45) is -12.9. The van der Waals surface area contributed by atoms with Crippen LogP contribution in [-0.2, 0) is 52.3 Å². The molecule has 7 aliphatic rings. The van der Waals surface area contributed by atoms with E-state index < -0.39 is 125 Å². The lowest BCUT2D eigenvalue weighted by molar-refractivity contribution is -0.342. The van der Waals surface area contributed by atoms with Crippen LogP contribution in [0.1, 0.15) is 83.1 Å². The molecule has 26 heteroatoms. The number of nitrogens with one attached hydrogen (secondary N) is 2. The maximum absolute atomic E-state index is 14.5. The molecule has 4 aliphatic heterocycles. The van der Waals surface area contributed by atoms with Crippen molar-refractivity contribution >= 4 is 72.6 Å². The Morgan fingerprint density at radius 3 is 2.28 bits per heavy atom. The number of aliphatic hydroxyl groups is 5. The Morgan fingerprint density at radius 2 is 1.61 bits per heavy atom. The number of methoxy groups -OCH3 is 4. The number of thioether (sulfide) groups is 1. The van der Waals surface area contributed by atoms with E-state index in [4.69, 9.17) is 56.9 Å². The molecule has 7 N–H and O–H groups in total. The molecule has 488 valence electrons. The van der Waals surface area contributed by atoms with Gasteiger partial charge in [-0.05, 0) is 100 Å². The number of Topliss-reactive ketones (excluding diaryl/α,β-unsaturated/α-hetero) is 2. The largest absolute Gasteiger partial charge is 0.492 e. The molecule has 3 unspecified atom stereocenters. The lowest BCUT2D eigenvalue weighted by Crippen LogP contribution is -2.69. The topological polar surface area (TPSA) is 287 Å². The summed E-state index contributed by atoms with van der Waals surface area (Å²) in [6, 6.07) is 8.64. The average molecular weight is 1410 g/mol. The van der Waals surface area contributed by atoms with Gasteiger partial charge in [-0.25, -0.2) is 0 Å². The van der Waals surface area contributed by atoms with Gasteiger partial charge in [0.05, 0.1) is 83.2 Å². The normalized spacial score (nSPS) is 38.6. The van der Waals surface area contributed by atoms with Crippen molar-refractivity contribution in [1.29, 1.82) is 0 Å². The van der Waals surface area contributed by atoms with Crippen LogP contribution in [-0.4, -0.2) is 205 Å². The Bertz CT molecular complexity index is 3060. The Morgan fingerprint density at radius 1 is 0.876 bits per heavy atom. The smallest absolute Gasteiger partial charge is 0.229 e. The van der Waals surface area contributed by atoms with Gasteiger partial charge in [0.15, 0.2) is 30.4 Å². The number of ether oxygens (including phenoxy) is 11. The van der Waals surface area contributed by atoms with Crippen LogP contribution in [0.2, 0.25) is 0 Å². The van der Waals surface area contributed by atoms with E-state index in [0.717, 1.165) is 16.7 Å². The number of rotatable bonds is 23. The molecule has 4 saturated heterocycles. The van der Waals surface area contributed by atoms with Gasteiger partial charge in [-0.15, -0.1) is 0 Å². The van der Waals surface area contributed by atoms with Crippen LogP contribution >= 0.6 is 55.9 Å². The van der Waals surface area contributed by atoms with E-state index >= 15 is 0 Å². The highest BCUT2D eigenvalue weighted by Gasteiger charge is 2.78. The summed E-state index contributed by atoms with van der Waals surface area (Å²) in [6.45, 7) is 12.8. The van der Waals surface area contributed by atoms with Crippen LogP contribution in [0.15, 0.2) is 58.5 Å². The number of aliphatic hydroxyl groups excluding tert-OH is 4. The fourth-order valence-electron chi connectivity index (χ4n) is 13.1. The number of likely N-dealkylation sites (N-methyl/N-ethyl adjacent to an activating group) is 1. The molecule has 9 rings (SSSR count). The van der Waals surface area contributed by atoms with Crippen molar-refractivity contribution in [3.63, 3.8) is 0 Å². The zero-order valence-corrected chi connectivity index (χ0v) is 56.1. The maximum Gasteiger partial charge on any atom is 0.229 e. The van der Waals surface area contributed by atoms with Crippen molar-refractivity contribution in [2.75, 3.05) is 47.3 Å². The van der Waals surface area contributed by atoms with Crippen molar-refractivity contribution < 1.29 is 96.9 Å². The first-order valence-corrected chi connectivity index (χ1v) is 34.0. The van der Waals surface area contributed by atoms with Crippen LogP contribution in [0.3, 0.4) is 0 Å². The van der Waals surface area contributed by atoms with E-state index in [-0.39, 0.29) is 78.8 Å². The maximum atomic E-state index is 14.5. The summed E-state index contributed by atoms with van der Waals surface area (Å²) in [5, 5.41) is 61.2. The Labute approximate surface area is 545 Å². The standard InChI is InChI=1S/C63H81IN2O20S3/c1-12-65-39-29-79-44(27-43(39)75-8)84-56-51(71)49(66-86-45-26-40(68)58(35(7)80-45)88-59(73)46-32(4)48(64)54(57(78-11)53(46)76-9)85-60-52(72)55(77-10)50(70)34(6)82-60)33(5)81-61(56)83-42-20-16-17-30(2)21-23-62-38(25-31(3)67)41(69)28-63(62,74)37(47(42)62)22-24-87-89-36-18-14-13-15-19-36/h13-15,17-19,22,33-35,38-40,42-45,47,49-52,55-56,58,60-61,65-66,68,70-72,74H,12,24-29H2,1-11H3/b30-17-,37-22+/t33-,34+,35-,38?,39+,40+,42+,43+,44+,45+,47?,49-,50+,51+,52-,55-,56-,58-,60+,61+,62?,63+/m1/s1. The minimum atomic E-state index is -1.76. The van der Waals surface area contributed by atoms with Gasteiger partial charge in [0.2, 0.25) is 17.2 Å². The van der Waals surface area contributed by atoms with E-state index in [2.05, 4.69) is 34.5 Å². The number of hydroxylamine groups is 1. The van der Waals surface area contributed by atoms with E-state index in [1.54, 1.807) is 69.4 Å². The van der Waals surface area contributed by atoms with E-state index in [0.29, 0.717) is 32.6 Å². The van der Waals surface area contributed by atoms with Crippen molar-refractivity contribution in [3.8, 4) is 40.9 Å². The number of hydrogen-bond donors (Lipinski definition) is 7. The molecule has 0 radical (unpaired) electrons. The predicted molar refractivity (Wildman–Crippen MR) is 338 cm³/mol. The molecule has 1 spiro atoms. The van der Waals surface area contributed by atoms with E-state index in [1.165, 1.54) is 28.3 Å². The van der Waals surface area contributed by atoms with Crippen LogP contribution in [0.5, 0.6) is 17.2 Å². The van der Waals surface area contributed by atoms with E-state index in [9.17, 15) is 39.9 Å². The highest BCUT2D eigenvalue weighted by molar-refractivity contribution is 14.1. The molecule has 0 amide bonds. The third-order valence-corrected chi connectivity index (χ3v) is 22.5. The van der Waals surface area contributed by atoms with Crippen molar-refractivity contribution in [3.05, 3.63) is 68.3 Å². The third-order valence-electron chi connectivity index (χ3n) is 17.6. The van der Waals surface area contributed by atoms with Gasteiger partial charge in [-0.1, -0.05) is 88.2 Å². The zero-order valence-electron chi connectivity index (χ0n) is 51.5. The molecular formula is C63H81IN2O20S3. The first-order valence-electron chi connectivity index (χ1n) is 29.7. The number of carbonyl (C=O) groups is 3. The SMILES string of the molecule is CCN[C@H]1CO[C@@H](O[C@H]2[C@H](O[C@H]3C#C/C=C(/C)C#CC45C(CC(C)=O)C(=O)C[C@]4(O)/C(=C/CSSc4ccccc4)C35)O[C@H](C)[C@@H](NO[C@H]3C[C@H](O)[C@H](SC(=O)c4c(C)c(I)c(O[C@@H]5O[C@@H](C)[C@H](O)[C@@H](OC)[C@H]5O)c(OC)c4OC)[C@@H](C)O3)[C@@H]2O)C[C@@H]1OC. The fourth-order valence-corrected chi connectivity index (χ4v) is 16.7. The molecule has 22 nitrogen and oxygen atoms in total. The summed E-state index contributed by atoms with van der Waals surface area (Å²) in [5.74, 6) is 11.1. The van der Waals surface area contributed by atoms with Crippen LogP contribution in [0.4, 0.5) is 0 Å². The van der Waals surface area contributed by atoms with Gasteiger partial charge < -0.3 is 87.7 Å². The lowest BCUT2D eigenvalue weighted by Gasteiger charge is -2.60. The molecule has 0 aromatic heterocycles. The molecule has 2 aromatic carbocycles. The number of halogens is 1. The second-order valence-electron chi connectivity index (χ2n) is 23.2. The third kappa shape index (κ3) is 14.3. The van der Waals surface area contributed by atoms with Gasteiger partial charge in [0, 0.05) is 68.0 Å². The highest BCUT2D eigenvalue weighted by atomic mass is 127. The Kier molecular flexibility index (Phi) is 23.8. The molecule has 2 aromatic rings. The van der Waals surface area contributed by atoms with Crippen molar-refractivity contribution in [2.24, 2.45) is 17.3 Å². The zero-order chi connectivity index (χ0) is 64.2. The molecule has 89 heavy (non-hydrogen) atoms. The second kappa shape index (κ2) is 30.3. The van der Waals surface area contributed by atoms with Gasteiger partial charge in [-0.2, -0.15) is 5.48 Å². The summed E-state index contributed by atoms with van der Waals surface area (Å²) in [7, 11) is 8.81. The summed E-state index contributed by atoms with van der Waals surface area (Å²) >= 11 is 2.85. The Hall–Kier alpha value is -3.41. The minimum absolute atomic E-state index is 0.0370. The average Bonchev–Trinajstić information content (AvgIpc) is 1.57. The monoisotopic (exact) mass is 1410 g/mol. The molecule has 3 aliphatic carbocycles. The van der Waals surface area contributed by atoms with Gasteiger partial charge in [0.1, 0.15) is 53.8 Å². The first-order chi connectivity index (χ1) is 42.5. The molecule has 2 saturated carbocycles. The predicted octanol–water partition coefficient (Wildman–Crippen LogP) is 4.97. The molecule has 22 atom stereocenters. The van der Waals surface area contributed by atoms with Crippen LogP contribution in [0, 0.1) is 51.4 Å². The number of hydrogen-bond acceptors (Lipinski definition) is 25. The number of allylic oxidation sites excluding steroid dienone is 2. The second-order valence-corrected chi connectivity index (χ2v) is 27.9. The summed E-state index contributed by atoms with van der Waals surface area (Å²) in [4.78, 5) is 49.0. The number of ketones is 2. The highest BCUT2D eigenvalue weighted by Crippen LogP contribution is 2.70. The number of carbonyl (C=O) groups excluding carboxylic acids is 3. The quantitative estimate of drug-likeness (QED) is 0.0193. The molecule has 4 heterocycles. The fraction of sp³-hybridized carbons (Fsp3) is 0.635. The molecular weight excluding hydrogens is 1330 g/mol. The molecule has 0 bridgehead atoms. The van der Waals surface area contributed by atoms with Crippen LogP contribution in [0.25, 0.3) is 0 Å². The first kappa shape index (κ1) is 69.9. The summed E-state index contributed by atoms with van der Waals surface area (Å²) < 4.78 is 68.5. The van der Waals surface area contributed by atoms with Gasteiger partial charge in [0.25, 0.3) is 0 Å². The Balaban J connectivity index is 0.943. The van der Waals surface area contributed by atoms with Crippen LogP contribution < -0.4 is 25.0 Å². The number of benzene rings is 2. The molecule has 6 fully saturated rings. The van der Waals surface area contributed by atoms with E-state index in [1.807, 2.05) is 65.9 Å². The van der Waals surface area contributed by atoms with Gasteiger partial charge >= 0.3 is 0 Å². The van der Waals surface area contributed by atoms with Gasteiger partial charge in [-0.3, -0.25) is 14.4 Å². The lowest BCUT2D eigenvalue weighted by atomic mass is 9.44.